The molecule has 4 aliphatic rings. The van der Waals surface area contributed by atoms with Crippen LogP contribution in [0.15, 0.2) is 47.6 Å². The van der Waals surface area contributed by atoms with Gasteiger partial charge in [0.15, 0.2) is 11.6 Å². The van der Waals surface area contributed by atoms with Gasteiger partial charge in [-0.2, -0.15) is 0 Å². The van der Waals surface area contributed by atoms with Gasteiger partial charge in [0, 0.05) is 44.2 Å². The van der Waals surface area contributed by atoms with Crippen LogP contribution < -0.4 is 0 Å². The van der Waals surface area contributed by atoms with Crippen molar-refractivity contribution in [2.24, 2.45) is 35.5 Å². The maximum atomic E-state index is 14.2. The maximum absolute atomic E-state index is 14.2. The number of allylic oxidation sites excluding steroid dienone is 6. The second kappa shape index (κ2) is 23.6. The summed E-state index contributed by atoms with van der Waals surface area (Å²) in [7, 11) is 1.63. The molecule has 0 aromatic carbocycles. The summed E-state index contributed by atoms with van der Waals surface area (Å²) in [6.45, 7) is 13.1. The minimum atomic E-state index is -1.74. The van der Waals surface area contributed by atoms with Crippen molar-refractivity contribution in [3.8, 4) is 0 Å². The van der Waals surface area contributed by atoms with Gasteiger partial charge in [-0.1, -0.05) is 71.1 Å². The van der Waals surface area contributed by atoms with Crippen molar-refractivity contribution >= 4 is 23.4 Å². The van der Waals surface area contributed by atoms with E-state index in [1.54, 1.807) is 34.0 Å². The number of amides is 1. The smallest absolute Gasteiger partial charge is 0.329 e. The molecule has 61 heavy (non-hydrogen) atoms. The molecule has 0 unspecified atom stereocenters. The quantitative estimate of drug-likeness (QED) is 0.174. The number of aliphatic hydroxyl groups is 4. The zero-order valence-electron chi connectivity index (χ0n) is 38.2. The molecular formula is C49H77NO11. The third-order valence-electron chi connectivity index (χ3n) is 14.0. The number of ether oxygens (including phenoxy) is 3. The first-order valence-electron chi connectivity index (χ1n) is 23.1. The Balaban J connectivity index is 1.65. The Bertz CT molecular complexity index is 1600. The van der Waals surface area contributed by atoms with E-state index in [-0.39, 0.29) is 60.3 Å². The molecule has 0 aromatic heterocycles. The van der Waals surface area contributed by atoms with Crippen molar-refractivity contribution in [3.63, 3.8) is 0 Å². The molecule has 12 heteroatoms. The molecule has 4 N–H and O–H groups in total. The van der Waals surface area contributed by atoms with Crippen LogP contribution in [0.3, 0.4) is 0 Å². The Hall–Kier alpha value is -3.00. The Morgan fingerprint density at radius 1 is 0.869 bits per heavy atom. The lowest BCUT2D eigenvalue weighted by Gasteiger charge is -2.44. The second-order valence-corrected chi connectivity index (χ2v) is 19.1. The summed E-state index contributed by atoms with van der Waals surface area (Å²) in [5.74, 6) is -4.95. The van der Waals surface area contributed by atoms with Gasteiger partial charge >= 0.3 is 5.97 Å². The average Bonchev–Trinajstić information content (AvgIpc) is 3.22. The molecule has 3 heterocycles. The number of esters is 1. The zero-order valence-corrected chi connectivity index (χ0v) is 38.2. The Labute approximate surface area is 364 Å². The average molecular weight is 856 g/mol. The van der Waals surface area contributed by atoms with Crippen LogP contribution in [-0.2, 0) is 33.4 Å². The number of hydrogen-bond donors (Lipinski definition) is 4. The molecule has 2 bridgehead atoms. The van der Waals surface area contributed by atoms with E-state index in [0.29, 0.717) is 76.7 Å². The molecule has 0 radical (unpaired) electrons. The van der Waals surface area contributed by atoms with Gasteiger partial charge in [0.05, 0.1) is 24.7 Å². The molecule has 3 aliphatic heterocycles. The van der Waals surface area contributed by atoms with E-state index in [0.717, 1.165) is 18.4 Å². The number of ketones is 2. The van der Waals surface area contributed by atoms with Gasteiger partial charge in [-0.15, -0.1) is 0 Å². The number of rotatable bonds is 4. The molecule has 3 fully saturated rings. The van der Waals surface area contributed by atoms with Crippen molar-refractivity contribution < 1.29 is 53.8 Å². The van der Waals surface area contributed by atoms with E-state index in [1.807, 2.05) is 58.1 Å². The van der Waals surface area contributed by atoms with Crippen LogP contribution in [0, 0.1) is 35.5 Å². The van der Waals surface area contributed by atoms with Crippen LogP contribution in [0.1, 0.15) is 138 Å². The van der Waals surface area contributed by atoms with Gasteiger partial charge in [0.1, 0.15) is 30.1 Å². The molecule has 0 aromatic rings. The highest BCUT2D eigenvalue weighted by Crippen LogP contribution is 2.38. The number of carbonyl (C=O) groups excluding carboxylic acids is 4. The highest BCUT2D eigenvalue weighted by atomic mass is 16.6. The van der Waals surface area contributed by atoms with E-state index < -0.39 is 59.6 Å². The standard InChI is InChI=1S/C49H77NO11/c1-30-14-10-9-11-15-31(2)42(59-8)27-39-22-17-36(7)49(58,61-39)29-44(53)50-23-13-12-16-40(50)48(57)60-43(33(4)26-37-18-20-38(51)21-19-37)28-41(52)32(3)25-35(6)46(55)47(56)45(54)34(5)24-30/h9-11,14-15,25,30,32-34,36-40,42-43,46-47,51,55-56,58H,12-13,16-24,26-29H2,1-8H3/b11-9+,14-10-,31-15+,35-25+/t30-,32-,33-,34-,36-,37?,38?,39+,40+,42+,43+,46-,47+,49+/m1/s1. The number of methoxy groups -OCH3 is 1. The summed E-state index contributed by atoms with van der Waals surface area (Å²) in [6.07, 6.45) is 13.6. The molecule has 4 rings (SSSR count). The predicted molar refractivity (Wildman–Crippen MR) is 234 cm³/mol. The molecule has 1 saturated carbocycles. The molecule has 12 atom stereocenters. The van der Waals surface area contributed by atoms with Crippen molar-refractivity contribution in [2.45, 2.75) is 187 Å². The summed E-state index contributed by atoms with van der Waals surface area (Å²) in [5, 5.41) is 44.1. The maximum Gasteiger partial charge on any atom is 0.329 e. The van der Waals surface area contributed by atoms with E-state index in [2.05, 4.69) is 0 Å². The van der Waals surface area contributed by atoms with Gasteiger partial charge < -0.3 is 39.5 Å². The zero-order chi connectivity index (χ0) is 45.0. The fourth-order valence-corrected chi connectivity index (χ4v) is 9.70. The largest absolute Gasteiger partial charge is 0.460 e. The van der Waals surface area contributed by atoms with Crippen LogP contribution in [0.5, 0.6) is 0 Å². The number of hydrogen-bond acceptors (Lipinski definition) is 11. The monoisotopic (exact) mass is 856 g/mol. The highest BCUT2D eigenvalue weighted by molar-refractivity contribution is 5.87. The topological polar surface area (TPSA) is 180 Å². The van der Waals surface area contributed by atoms with Gasteiger partial charge in [0.2, 0.25) is 5.91 Å². The number of cyclic esters (lactones) is 1. The highest BCUT2D eigenvalue weighted by Gasteiger charge is 2.46. The van der Waals surface area contributed by atoms with Gasteiger partial charge in [-0.25, -0.2) is 4.79 Å². The molecule has 12 nitrogen and oxygen atoms in total. The number of Topliss-reactive ketones (excluding diaryl/α,β-unsaturated/α-hetero) is 2. The third-order valence-corrected chi connectivity index (χ3v) is 14.0. The lowest BCUT2D eigenvalue weighted by molar-refractivity contribution is -0.284. The second-order valence-electron chi connectivity index (χ2n) is 19.1. The normalized spacial score (nSPS) is 41.0. The number of carbonyl (C=O) groups is 4. The number of fused-ring (bicyclic) bond motifs is 3. The first-order chi connectivity index (χ1) is 28.8. The molecule has 344 valence electrons. The lowest BCUT2D eigenvalue weighted by Crippen LogP contribution is -2.55. The fraction of sp³-hybridized carbons (Fsp3) is 0.755. The van der Waals surface area contributed by atoms with Crippen molar-refractivity contribution in [1.82, 2.24) is 4.90 Å². The molecule has 0 spiro atoms. The number of nitrogens with zero attached hydrogens (tertiary/aromatic N) is 1. The van der Waals surface area contributed by atoms with Crippen LogP contribution in [0.4, 0.5) is 0 Å². The summed E-state index contributed by atoms with van der Waals surface area (Å²) in [4.78, 5) is 57.2. The first kappa shape index (κ1) is 50.6. The Morgan fingerprint density at radius 2 is 1.57 bits per heavy atom. The SMILES string of the molecule is CO[C@H]1C[C@@H]2CC[C@@H](C)[C@](O)(CC(=O)N3CCCC[C@H]3C(=O)O[C@H]([C@H](C)CC3CCC(O)CC3)CC(=O)[C@H](C)/C=C(\C)[C@@H](O)[C@@H](O)C(=O)[C@H](C)C[C@H](C)\C=C/C=C/C=C/1C)O2. The summed E-state index contributed by atoms with van der Waals surface area (Å²) >= 11 is 0. The minimum Gasteiger partial charge on any atom is -0.460 e. The van der Waals surface area contributed by atoms with E-state index in [4.69, 9.17) is 14.2 Å². The summed E-state index contributed by atoms with van der Waals surface area (Å²) in [6, 6.07) is -0.891. The van der Waals surface area contributed by atoms with Crippen LogP contribution in [-0.4, -0.2) is 111 Å². The van der Waals surface area contributed by atoms with E-state index >= 15 is 0 Å². The fourth-order valence-electron chi connectivity index (χ4n) is 9.70. The number of piperidine rings is 1. The van der Waals surface area contributed by atoms with Crippen LogP contribution in [0.2, 0.25) is 0 Å². The molecule has 1 amide bonds. The number of aliphatic hydroxyl groups excluding tert-OH is 3. The molecular weight excluding hydrogens is 779 g/mol. The Kier molecular flexibility index (Phi) is 19.6. The van der Waals surface area contributed by atoms with Crippen molar-refractivity contribution in [2.75, 3.05) is 13.7 Å². The van der Waals surface area contributed by atoms with Crippen molar-refractivity contribution in [1.29, 1.82) is 0 Å². The third kappa shape index (κ3) is 14.5. The van der Waals surface area contributed by atoms with E-state index in [1.165, 1.54) is 4.90 Å². The predicted octanol–water partition coefficient (Wildman–Crippen LogP) is 6.72. The van der Waals surface area contributed by atoms with Gasteiger partial charge in [-0.05, 0) is 113 Å². The van der Waals surface area contributed by atoms with Crippen molar-refractivity contribution in [3.05, 3.63) is 47.6 Å². The first-order valence-corrected chi connectivity index (χ1v) is 23.1. The minimum absolute atomic E-state index is 0.00133. The van der Waals surface area contributed by atoms with Gasteiger partial charge in [0.25, 0.3) is 0 Å². The lowest BCUT2D eigenvalue weighted by atomic mass is 9.79. The van der Waals surface area contributed by atoms with E-state index in [9.17, 15) is 39.6 Å². The molecule has 1 aliphatic carbocycles. The Morgan fingerprint density at radius 3 is 2.26 bits per heavy atom. The molecule has 2 saturated heterocycles. The summed E-state index contributed by atoms with van der Waals surface area (Å²) < 4.78 is 18.5. The van der Waals surface area contributed by atoms with Crippen LogP contribution >= 0.6 is 0 Å². The van der Waals surface area contributed by atoms with Gasteiger partial charge in [-0.3, -0.25) is 14.4 Å². The van der Waals surface area contributed by atoms with Crippen LogP contribution in [0.25, 0.3) is 0 Å². The summed E-state index contributed by atoms with van der Waals surface area (Å²) in [5.41, 5.74) is 1.25.